The molecule has 0 N–H and O–H groups in total. The Morgan fingerprint density at radius 1 is 1.00 bits per heavy atom. The highest BCUT2D eigenvalue weighted by molar-refractivity contribution is 6.30. The predicted octanol–water partition coefficient (Wildman–Crippen LogP) is 5.76. The number of fused-ring (bicyclic) bond motifs is 3. The molecule has 0 radical (unpaired) electrons. The van der Waals surface area contributed by atoms with Gasteiger partial charge in [0.15, 0.2) is 11.2 Å². The molecule has 0 bridgehead atoms. The Bertz CT molecular complexity index is 1340. The number of benzene rings is 3. The summed E-state index contributed by atoms with van der Waals surface area (Å²) in [5.41, 5.74) is 1.04. The van der Waals surface area contributed by atoms with Crippen LogP contribution in [0.2, 0.25) is 5.02 Å². The largest absolute Gasteiger partial charge is 0.351 e. The Balaban J connectivity index is 1.78. The summed E-state index contributed by atoms with van der Waals surface area (Å²) in [6, 6.07) is 22.9. The first-order valence-electron chi connectivity index (χ1n) is 10.4. The van der Waals surface area contributed by atoms with E-state index in [0.29, 0.717) is 10.6 Å². The van der Waals surface area contributed by atoms with Crippen molar-refractivity contribution < 1.29 is 9.18 Å². The average Bonchev–Trinajstić information content (AvgIpc) is 3.15. The van der Waals surface area contributed by atoms with E-state index in [1.54, 1.807) is 18.2 Å². The fourth-order valence-corrected chi connectivity index (χ4v) is 5.26. The van der Waals surface area contributed by atoms with Gasteiger partial charge < -0.3 is 4.90 Å². The summed E-state index contributed by atoms with van der Waals surface area (Å²) in [5, 5.41) is 21.3. The van der Waals surface area contributed by atoms with Gasteiger partial charge in [0, 0.05) is 22.2 Å². The molecule has 3 atom stereocenters. The first kappa shape index (κ1) is 20.9. The molecule has 5 rings (SSSR count). The van der Waals surface area contributed by atoms with Crippen molar-refractivity contribution in [3.63, 3.8) is 0 Å². The number of carbonyl (C=O) groups is 1. The van der Waals surface area contributed by atoms with Gasteiger partial charge in [-0.15, -0.1) is 0 Å². The third-order valence-corrected chi connectivity index (χ3v) is 6.76. The summed E-state index contributed by atoms with van der Waals surface area (Å²) in [6.07, 6.45) is 3.65. The van der Waals surface area contributed by atoms with E-state index >= 15 is 0 Å². The van der Waals surface area contributed by atoms with Crippen LogP contribution in [0.15, 0.2) is 78.9 Å². The number of nitriles is 2. The van der Waals surface area contributed by atoms with Gasteiger partial charge in [0.25, 0.3) is 0 Å². The molecule has 1 fully saturated rings. The lowest BCUT2D eigenvalue weighted by atomic mass is 9.69. The van der Waals surface area contributed by atoms with Gasteiger partial charge in [0.1, 0.15) is 11.9 Å². The van der Waals surface area contributed by atoms with E-state index in [1.165, 1.54) is 24.3 Å². The Morgan fingerprint density at radius 2 is 1.70 bits per heavy atom. The molecule has 160 valence electrons. The van der Waals surface area contributed by atoms with Crippen LogP contribution in [0.5, 0.6) is 0 Å². The smallest absolute Gasteiger partial charge is 0.185 e. The number of carbonyl (C=O) groups excluding carboxylic acids is 1. The van der Waals surface area contributed by atoms with Gasteiger partial charge in [0.05, 0.1) is 18.2 Å². The quantitative estimate of drug-likeness (QED) is 0.472. The molecule has 33 heavy (non-hydrogen) atoms. The van der Waals surface area contributed by atoms with Crippen molar-refractivity contribution in [2.75, 3.05) is 4.90 Å². The van der Waals surface area contributed by atoms with Crippen LogP contribution in [0.1, 0.15) is 27.4 Å². The molecular weight excluding hydrogens is 437 g/mol. The molecule has 0 unspecified atom stereocenters. The minimum Gasteiger partial charge on any atom is -0.351 e. The molecule has 3 aromatic carbocycles. The number of Topliss-reactive ketones (excluding diaryl/α,β-unsaturated/α-hetero) is 1. The second kappa shape index (κ2) is 7.89. The van der Waals surface area contributed by atoms with Gasteiger partial charge in [-0.3, -0.25) is 4.79 Å². The van der Waals surface area contributed by atoms with E-state index < -0.39 is 29.2 Å². The summed E-state index contributed by atoms with van der Waals surface area (Å²) in [4.78, 5) is 15.8. The first-order chi connectivity index (χ1) is 16.0. The normalized spacial score (nSPS) is 22.1. The number of anilines is 1. The van der Waals surface area contributed by atoms with Gasteiger partial charge >= 0.3 is 0 Å². The zero-order valence-electron chi connectivity index (χ0n) is 17.3. The van der Waals surface area contributed by atoms with Crippen LogP contribution < -0.4 is 4.90 Å². The highest BCUT2D eigenvalue weighted by atomic mass is 35.5. The summed E-state index contributed by atoms with van der Waals surface area (Å²) in [6.45, 7) is 0. The Kier molecular flexibility index (Phi) is 5.01. The molecule has 4 nitrogen and oxygen atoms in total. The Labute approximate surface area is 195 Å². The van der Waals surface area contributed by atoms with Crippen molar-refractivity contribution in [3.05, 3.63) is 106 Å². The molecule has 0 spiro atoms. The molecule has 1 saturated heterocycles. The lowest BCUT2D eigenvalue weighted by molar-refractivity contribution is 0.0951. The van der Waals surface area contributed by atoms with Crippen molar-refractivity contribution >= 4 is 29.1 Å². The van der Waals surface area contributed by atoms with Crippen molar-refractivity contribution in [3.8, 4) is 12.1 Å². The minimum atomic E-state index is -1.52. The average molecular weight is 454 g/mol. The van der Waals surface area contributed by atoms with E-state index in [4.69, 9.17) is 11.6 Å². The first-order valence-corrected chi connectivity index (χ1v) is 10.8. The van der Waals surface area contributed by atoms with Crippen LogP contribution >= 0.6 is 11.6 Å². The fourth-order valence-electron chi connectivity index (χ4n) is 5.08. The van der Waals surface area contributed by atoms with Crippen molar-refractivity contribution in [1.82, 2.24) is 0 Å². The third kappa shape index (κ3) is 3.13. The Morgan fingerprint density at radius 3 is 2.36 bits per heavy atom. The van der Waals surface area contributed by atoms with Gasteiger partial charge in [0.2, 0.25) is 0 Å². The summed E-state index contributed by atoms with van der Waals surface area (Å²) < 4.78 is 13.6. The van der Waals surface area contributed by atoms with Gasteiger partial charge in [-0.05, 0) is 53.6 Å². The molecule has 2 aliphatic heterocycles. The summed E-state index contributed by atoms with van der Waals surface area (Å²) in [5.74, 6) is -1.46. The van der Waals surface area contributed by atoms with E-state index in [9.17, 15) is 19.7 Å². The molecular formula is C27H17ClFN3O. The maximum atomic E-state index is 14.0. The third-order valence-electron chi connectivity index (χ3n) is 6.52. The predicted molar refractivity (Wildman–Crippen MR) is 124 cm³/mol. The zero-order chi connectivity index (χ0) is 23.2. The number of hydrogen-bond donors (Lipinski definition) is 0. The van der Waals surface area contributed by atoms with Crippen LogP contribution in [-0.2, 0) is 0 Å². The zero-order valence-corrected chi connectivity index (χ0v) is 18.1. The Hall–Kier alpha value is -3.93. The maximum absolute atomic E-state index is 14.0. The van der Waals surface area contributed by atoms with Crippen LogP contribution in [0, 0.1) is 33.9 Å². The second-order valence-corrected chi connectivity index (χ2v) is 8.65. The lowest BCUT2D eigenvalue weighted by Gasteiger charge is -2.35. The van der Waals surface area contributed by atoms with Gasteiger partial charge in [-0.2, -0.15) is 10.5 Å². The molecule has 2 heterocycles. The van der Waals surface area contributed by atoms with E-state index in [1.807, 2.05) is 47.4 Å². The van der Waals surface area contributed by atoms with Crippen molar-refractivity contribution in [1.29, 1.82) is 10.5 Å². The minimum absolute atomic E-state index is 0.280. The number of nitrogens with zero attached hydrogens (tertiary/aromatic N) is 3. The van der Waals surface area contributed by atoms with Crippen LogP contribution in [0.25, 0.3) is 6.08 Å². The molecule has 0 aromatic heterocycles. The highest BCUT2D eigenvalue weighted by Gasteiger charge is 2.63. The SMILES string of the molecule is N#CC1(C#N)[C@H](c2ccccc2)[C@@H](C(=O)c2ccc(F)cc2)N2c3ccc(Cl)cc3C=C[C@@H]21. The van der Waals surface area contributed by atoms with Gasteiger partial charge in [-0.1, -0.05) is 54.1 Å². The number of rotatable bonds is 3. The number of halogens is 2. The topological polar surface area (TPSA) is 67.9 Å². The lowest BCUT2D eigenvalue weighted by Crippen LogP contribution is -2.44. The molecule has 0 aliphatic carbocycles. The van der Waals surface area contributed by atoms with Crippen molar-refractivity contribution in [2.45, 2.75) is 18.0 Å². The van der Waals surface area contributed by atoms with Gasteiger partial charge in [-0.25, -0.2) is 4.39 Å². The number of hydrogen-bond acceptors (Lipinski definition) is 4. The van der Waals surface area contributed by atoms with Crippen LogP contribution in [0.3, 0.4) is 0 Å². The molecule has 2 aliphatic rings. The van der Waals surface area contributed by atoms with Crippen molar-refractivity contribution in [2.24, 2.45) is 5.41 Å². The maximum Gasteiger partial charge on any atom is 0.185 e. The van der Waals surface area contributed by atoms with E-state index in [-0.39, 0.29) is 5.78 Å². The monoisotopic (exact) mass is 453 g/mol. The molecule has 3 aromatic rings. The van der Waals surface area contributed by atoms with Crippen LogP contribution in [-0.4, -0.2) is 17.9 Å². The van der Waals surface area contributed by atoms with E-state index in [2.05, 4.69) is 12.1 Å². The fraction of sp³-hybridized carbons (Fsp3) is 0.148. The van der Waals surface area contributed by atoms with Crippen LogP contribution in [0.4, 0.5) is 10.1 Å². The number of ketones is 1. The molecule has 6 heteroatoms. The second-order valence-electron chi connectivity index (χ2n) is 8.21. The molecule has 0 saturated carbocycles. The standard InChI is InChI=1S/C27H17ClFN3O/c28-20-9-12-22-19(14-20)8-13-23-27(15-30,16-31)24(17-4-2-1-3-5-17)25(32(22)23)26(33)18-6-10-21(29)11-7-18/h1-14,23-25H/t23-,24-,25+/m1/s1. The van der Waals surface area contributed by atoms with E-state index in [0.717, 1.165) is 16.8 Å². The highest BCUT2D eigenvalue weighted by Crippen LogP contribution is 2.55. The summed E-state index contributed by atoms with van der Waals surface area (Å²) >= 11 is 6.20. The molecule has 0 amide bonds. The summed E-state index contributed by atoms with van der Waals surface area (Å²) in [7, 11) is 0.